The van der Waals surface area contributed by atoms with Gasteiger partial charge in [-0.2, -0.15) is 0 Å². The summed E-state index contributed by atoms with van der Waals surface area (Å²) in [4.78, 5) is 4.02. The normalized spacial score (nSPS) is 12.3. The molecule has 2 nitrogen and oxygen atoms in total. The molecule has 0 saturated heterocycles. The predicted octanol–water partition coefficient (Wildman–Crippen LogP) is 3.33. The van der Waals surface area contributed by atoms with Crippen LogP contribution in [-0.4, -0.2) is 10.1 Å². The zero-order valence-corrected chi connectivity index (χ0v) is 9.30. The molecule has 0 aliphatic carbocycles. The van der Waals surface area contributed by atoms with Crippen LogP contribution in [0, 0.1) is 0 Å². The monoisotopic (exact) mass is 213 g/mol. The Balaban J connectivity index is 2.41. The number of benzene rings is 1. The summed E-state index contributed by atoms with van der Waals surface area (Å²) >= 11 is 0. The molecule has 1 N–H and O–H groups in total. The van der Waals surface area contributed by atoms with Crippen LogP contribution in [0.3, 0.4) is 0 Å². The van der Waals surface area contributed by atoms with Crippen molar-refractivity contribution in [1.82, 2.24) is 4.98 Å². The number of phenols is 1. The summed E-state index contributed by atoms with van der Waals surface area (Å²) < 4.78 is 0. The third-order valence-electron chi connectivity index (χ3n) is 2.83. The maximum Gasteiger partial charge on any atom is 0.119 e. The van der Waals surface area contributed by atoms with E-state index in [2.05, 4.69) is 11.9 Å². The molecule has 1 atom stereocenters. The van der Waals surface area contributed by atoms with E-state index in [0.717, 1.165) is 12.0 Å². The van der Waals surface area contributed by atoms with Crippen LogP contribution >= 0.6 is 0 Å². The summed E-state index contributed by atoms with van der Waals surface area (Å²) in [5.74, 6) is 0.607. The molecule has 2 heteroatoms. The van der Waals surface area contributed by atoms with Gasteiger partial charge in [0.15, 0.2) is 0 Å². The minimum Gasteiger partial charge on any atom is -0.508 e. The van der Waals surface area contributed by atoms with E-state index >= 15 is 0 Å². The second-order valence-corrected chi connectivity index (χ2v) is 3.80. The molecule has 0 aliphatic rings. The molecule has 0 spiro atoms. The first-order chi connectivity index (χ1) is 7.83. The van der Waals surface area contributed by atoms with Gasteiger partial charge in [0.25, 0.3) is 0 Å². The van der Waals surface area contributed by atoms with Crippen molar-refractivity contribution < 1.29 is 5.11 Å². The number of para-hydroxylation sites is 1. The van der Waals surface area contributed by atoms with Crippen LogP contribution in [0.25, 0.3) is 0 Å². The predicted molar refractivity (Wildman–Crippen MR) is 64.5 cm³/mol. The highest BCUT2D eigenvalue weighted by molar-refractivity contribution is 5.40. The first-order valence-corrected chi connectivity index (χ1v) is 5.50. The maximum absolute atomic E-state index is 9.86. The SMILES string of the molecule is CCC(c1ccncc1)c1ccccc1O. The highest BCUT2D eigenvalue weighted by Gasteiger charge is 2.14. The quantitative estimate of drug-likeness (QED) is 0.848. The lowest BCUT2D eigenvalue weighted by Gasteiger charge is -2.16. The Morgan fingerprint density at radius 2 is 1.81 bits per heavy atom. The first kappa shape index (κ1) is 10.7. The molecule has 0 fully saturated rings. The van der Waals surface area contributed by atoms with Gasteiger partial charge in [-0.25, -0.2) is 0 Å². The lowest BCUT2D eigenvalue weighted by molar-refractivity contribution is 0.464. The summed E-state index contributed by atoms with van der Waals surface area (Å²) in [5, 5.41) is 9.86. The second-order valence-electron chi connectivity index (χ2n) is 3.80. The molecule has 0 radical (unpaired) electrons. The highest BCUT2D eigenvalue weighted by Crippen LogP contribution is 2.32. The standard InChI is InChI=1S/C14H15NO/c1-2-12(11-7-9-15-10-8-11)13-5-3-4-6-14(13)16/h3-10,12,16H,2H2,1H3. The Labute approximate surface area is 95.6 Å². The topological polar surface area (TPSA) is 33.1 Å². The van der Waals surface area contributed by atoms with Crippen molar-refractivity contribution in [2.45, 2.75) is 19.3 Å². The zero-order chi connectivity index (χ0) is 11.4. The molecule has 82 valence electrons. The Kier molecular flexibility index (Phi) is 3.20. The Bertz CT molecular complexity index is 453. The lowest BCUT2D eigenvalue weighted by atomic mass is 9.89. The molecule has 16 heavy (non-hydrogen) atoms. The van der Waals surface area contributed by atoms with Crippen LogP contribution in [0.5, 0.6) is 5.75 Å². The molecule has 2 aromatic rings. The minimum atomic E-state index is 0.240. The van der Waals surface area contributed by atoms with Crippen LogP contribution in [0.1, 0.15) is 30.4 Å². The van der Waals surface area contributed by atoms with Gasteiger partial charge >= 0.3 is 0 Å². The van der Waals surface area contributed by atoms with Gasteiger partial charge < -0.3 is 5.11 Å². The number of aromatic nitrogens is 1. The van der Waals surface area contributed by atoms with Crippen LogP contribution in [0.4, 0.5) is 0 Å². The Morgan fingerprint density at radius 1 is 1.12 bits per heavy atom. The summed E-state index contributed by atoms with van der Waals surface area (Å²) in [6.45, 7) is 2.12. The molecule has 1 aromatic carbocycles. The first-order valence-electron chi connectivity index (χ1n) is 5.50. The molecule has 0 amide bonds. The van der Waals surface area contributed by atoms with Gasteiger partial charge in [-0.3, -0.25) is 4.98 Å². The van der Waals surface area contributed by atoms with Gasteiger partial charge in [-0.05, 0) is 30.2 Å². The van der Waals surface area contributed by atoms with E-state index in [1.54, 1.807) is 18.5 Å². The molecule has 0 aliphatic heterocycles. The molecular weight excluding hydrogens is 198 g/mol. The van der Waals surface area contributed by atoms with Crippen molar-refractivity contribution >= 4 is 0 Å². The van der Waals surface area contributed by atoms with Gasteiger partial charge in [0.1, 0.15) is 5.75 Å². The van der Waals surface area contributed by atoms with Crippen LogP contribution in [0.2, 0.25) is 0 Å². The van der Waals surface area contributed by atoms with E-state index in [0.29, 0.717) is 5.75 Å². The zero-order valence-electron chi connectivity index (χ0n) is 9.30. The van der Waals surface area contributed by atoms with Crippen molar-refractivity contribution in [1.29, 1.82) is 0 Å². The molecule has 2 rings (SSSR count). The van der Waals surface area contributed by atoms with E-state index in [1.165, 1.54) is 5.56 Å². The van der Waals surface area contributed by atoms with Gasteiger partial charge in [0, 0.05) is 23.9 Å². The number of aromatic hydroxyl groups is 1. The average molecular weight is 213 g/mol. The number of pyridine rings is 1. The van der Waals surface area contributed by atoms with Crippen molar-refractivity contribution in [3.8, 4) is 5.75 Å². The molecule has 0 saturated carbocycles. The third-order valence-corrected chi connectivity index (χ3v) is 2.83. The Hall–Kier alpha value is -1.83. The van der Waals surface area contributed by atoms with Crippen LogP contribution in [-0.2, 0) is 0 Å². The molecule has 1 aromatic heterocycles. The van der Waals surface area contributed by atoms with Crippen molar-refractivity contribution in [3.05, 3.63) is 59.9 Å². The fourth-order valence-electron chi connectivity index (χ4n) is 2.01. The molecular formula is C14H15NO. The molecule has 1 heterocycles. The average Bonchev–Trinajstić information content (AvgIpc) is 2.34. The maximum atomic E-state index is 9.86. The highest BCUT2D eigenvalue weighted by atomic mass is 16.3. The van der Waals surface area contributed by atoms with Crippen molar-refractivity contribution in [2.24, 2.45) is 0 Å². The summed E-state index contributed by atoms with van der Waals surface area (Å²) in [6, 6.07) is 11.5. The Morgan fingerprint density at radius 3 is 2.44 bits per heavy atom. The minimum absolute atomic E-state index is 0.240. The fourth-order valence-corrected chi connectivity index (χ4v) is 2.01. The lowest BCUT2D eigenvalue weighted by Crippen LogP contribution is -1.99. The van der Waals surface area contributed by atoms with Crippen molar-refractivity contribution in [3.63, 3.8) is 0 Å². The number of nitrogens with zero attached hydrogens (tertiary/aromatic N) is 1. The van der Waals surface area contributed by atoms with Crippen LogP contribution in [0.15, 0.2) is 48.8 Å². The van der Waals surface area contributed by atoms with Gasteiger partial charge in [-0.1, -0.05) is 25.1 Å². The molecule has 0 bridgehead atoms. The van der Waals surface area contributed by atoms with E-state index in [-0.39, 0.29) is 5.92 Å². The second kappa shape index (κ2) is 4.79. The van der Waals surface area contributed by atoms with Gasteiger partial charge in [-0.15, -0.1) is 0 Å². The smallest absolute Gasteiger partial charge is 0.119 e. The largest absolute Gasteiger partial charge is 0.508 e. The van der Waals surface area contributed by atoms with Gasteiger partial charge in [0.05, 0.1) is 0 Å². The van der Waals surface area contributed by atoms with E-state index in [9.17, 15) is 5.11 Å². The summed E-state index contributed by atoms with van der Waals surface area (Å²) in [6.07, 6.45) is 4.54. The summed E-state index contributed by atoms with van der Waals surface area (Å²) in [7, 11) is 0. The summed E-state index contributed by atoms with van der Waals surface area (Å²) in [5.41, 5.74) is 2.18. The fraction of sp³-hybridized carbons (Fsp3) is 0.214. The van der Waals surface area contributed by atoms with E-state index in [1.807, 2.05) is 30.3 Å². The van der Waals surface area contributed by atoms with Gasteiger partial charge in [0.2, 0.25) is 0 Å². The molecule has 1 unspecified atom stereocenters. The number of hydrogen-bond donors (Lipinski definition) is 1. The van der Waals surface area contributed by atoms with Crippen LogP contribution < -0.4 is 0 Å². The number of hydrogen-bond acceptors (Lipinski definition) is 2. The van der Waals surface area contributed by atoms with E-state index < -0.39 is 0 Å². The number of rotatable bonds is 3. The van der Waals surface area contributed by atoms with Crippen molar-refractivity contribution in [2.75, 3.05) is 0 Å². The number of phenolic OH excluding ortho intramolecular Hbond substituents is 1. The third kappa shape index (κ3) is 2.06. The van der Waals surface area contributed by atoms with E-state index in [4.69, 9.17) is 0 Å².